The number of benzene rings is 1. The van der Waals surface area contributed by atoms with Gasteiger partial charge in [0.2, 0.25) is 0 Å². The van der Waals surface area contributed by atoms with Gasteiger partial charge in [-0.3, -0.25) is 0 Å². The Labute approximate surface area is 130 Å². The summed E-state index contributed by atoms with van der Waals surface area (Å²) < 4.78 is 10.9. The summed E-state index contributed by atoms with van der Waals surface area (Å²) in [6.07, 6.45) is 0. The summed E-state index contributed by atoms with van der Waals surface area (Å²) in [6, 6.07) is 6.98. The molecule has 0 atom stereocenters. The van der Waals surface area contributed by atoms with E-state index in [1.165, 1.54) is 6.07 Å². The van der Waals surface area contributed by atoms with Crippen LogP contribution >= 0.6 is 0 Å². The van der Waals surface area contributed by atoms with E-state index >= 15 is 0 Å². The molecule has 2 aromatic rings. The van der Waals surface area contributed by atoms with Gasteiger partial charge in [0.1, 0.15) is 17.9 Å². The predicted octanol–water partition coefficient (Wildman–Crippen LogP) is 2.18. The van der Waals surface area contributed by atoms with Crippen molar-refractivity contribution in [2.75, 3.05) is 26.7 Å². The van der Waals surface area contributed by atoms with E-state index in [4.69, 9.17) is 9.15 Å². The van der Waals surface area contributed by atoms with Gasteiger partial charge >= 0.3 is 5.63 Å². The van der Waals surface area contributed by atoms with E-state index in [2.05, 4.69) is 0 Å². The first-order valence-corrected chi connectivity index (χ1v) is 7.33. The highest BCUT2D eigenvalue weighted by Crippen LogP contribution is 2.22. The van der Waals surface area contributed by atoms with Crippen molar-refractivity contribution in [3.63, 3.8) is 0 Å². The Morgan fingerprint density at radius 2 is 2.05 bits per heavy atom. The molecule has 0 aliphatic heterocycles. The third-order valence-corrected chi connectivity index (χ3v) is 3.32. The molecule has 0 amide bonds. The highest BCUT2D eigenvalue weighted by Gasteiger charge is 2.15. The van der Waals surface area contributed by atoms with Crippen LogP contribution in [0.4, 0.5) is 0 Å². The monoisotopic (exact) mass is 305 g/mol. The lowest BCUT2D eigenvalue weighted by molar-refractivity contribution is 0.0411. The largest absolute Gasteiger partial charge is 0.492 e. The van der Waals surface area contributed by atoms with Crippen LogP contribution in [0.2, 0.25) is 0 Å². The van der Waals surface area contributed by atoms with Crippen LogP contribution < -0.4 is 10.4 Å². The summed E-state index contributed by atoms with van der Waals surface area (Å²) in [4.78, 5) is 13.4. The van der Waals surface area contributed by atoms with E-state index in [0.717, 1.165) is 10.9 Å². The van der Waals surface area contributed by atoms with Crippen molar-refractivity contribution in [2.45, 2.75) is 26.4 Å². The number of aryl methyl sites for hydroxylation is 1. The molecule has 0 radical (unpaired) electrons. The molecule has 120 valence electrons. The van der Waals surface area contributed by atoms with Gasteiger partial charge in [0, 0.05) is 30.6 Å². The zero-order valence-corrected chi connectivity index (χ0v) is 13.5. The molecule has 2 rings (SSSR count). The summed E-state index contributed by atoms with van der Waals surface area (Å²) in [7, 11) is 1.93. The molecule has 0 aliphatic rings. The molecule has 0 unspecified atom stereocenters. The Morgan fingerprint density at radius 1 is 1.32 bits per heavy atom. The molecule has 0 saturated carbocycles. The SMILES string of the molecule is Cc1cc(=O)oc2cc(OCCN(C)CC(C)(C)O)ccc12. The van der Waals surface area contributed by atoms with Crippen molar-refractivity contribution in [2.24, 2.45) is 0 Å². The predicted molar refractivity (Wildman–Crippen MR) is 86.5 cm³/mol. The lowest BCUT2D eigenvalue weighted by atomic mass is 10.1. The quantitative estimate of drug-likeness (QED) is 0.829. The smallest absolute Gasteiger partial charge is 0.336 e. The number of likely N-dealkylation sites (N-methyl/N-ethyl adjacent to an activating group) is 1. The molecule has 5 nitrogen and oxygen atoms in total. The maximum absolute atomic E-state index is 11.4. The summed E-state index contributed by atoms with van der Waals surface area (Å²) in [5.41, 5.74) is 0.348. The van der Waals surface area contributed by atoms with Gasteiger partial charge in [0.15, 0.2) is 0 Å². The van der Waals surface area contributed by atoms with Crippen LogP contribution in [0.1, 0.15) is 19.4 Å². The van der Waals surface area contributed by atoms with Gasteiger partial charge in [-0.25, -0.2) is 4.79 Å². The summed E-state index contributed by atoms with van der Waals surface area (Å²) in [6.45, 7) is 7.19. The first-order valence-electron chi connectivity index (χ1n) is 7.33. The molecule has 0 spiro atoms. The fourth-order valence-electron chi connectivity index (χ4n) is 2.45. The molecule has 1 heterocycles. The second-order valence-corrected chi connectivity index (χ2v) is 6.31. The Balaban J connectivity index is 1.99. The molecular weight excluding hydrogens is 282 g/mol. The minimum atomic E-state index is -0.724. The van der Waals surface area contributed by atoms with E-state index in [9.17, 15) is 9.90 Å². The van der Waals surface area contributed by atoms with Crippen LogP contribution in [0.25, 0.3) is 11.0 Å². The number of aliphatic hydroxyl groups is 1. The molecule has 1 aromatic heterocycles. The first kappa shape index (κ1) is 16.5. The topological polar surface area (TPSA) is 62.9 Å². The van der Waals surface area contributed by atoms with Gasteiger partial charge in [-0.1, -0.05) is 0 Å². The van der Waals surface area contributed by atoms with Crippen molar-refractivity contribution in [1.82, 2.24) is 4.90 Å². The Morgan fingerprint density at radius 3 is 2.73 bits per heavy atom. The van der Waals surface area contributed by atoms with E-state index in [1.54, 1.807) is 19.9 Å². The van der Waals surface area contributed by atoms with Gasteiger partial charge in [-0.15, -0.1) is 0 Å². The Hall–Kier alpha value is -1.85. The average molecular weight is 305 g/mol. The standard InChI is InChI=1S/C17H23NO4/c1-12-9-16(19)22-15-10-13(5-6-14(12)15)21-8-7-18(4)11-17(2,3)20/h5-6,9-10,20H,7-8,11H2,1-4H3. The number of ether oxygens (including phenoxy) is 1. The molecule has 1 aromatic carbocycles. The maximum atomic E-state index is 11.4. The molecule has 22 heavy (non-hydrogen) atoms. The van der Waals surface area contributed by atoms with E-state index in [1.807, 2.05) is 31.0 Å². The fourth-order valence-corrected chi connectivity index (χ4v) is 2.45. The van der Waals surface area contributed by atoms with E-state index in [0.29, 0.717) is 31.0 Å². The Bertz CT molecular complexity index is 700. The molecule has 0 fully saturated rings. The van der Waals surface area contributed by atoms with Crippen LogP contribution in [-0.4, -0.2) is 42.4 Å². The fraction of sp³-hybridized carbons (Fsp3) is 0.471. The highest BCUT2D eigenvalue weighted by atomic mass is 16.5. The summed E-state index contributed by atoms with van der Waals surface area (Å²) in [5.74, 6) is 0.665. The number of hydrogen-bond donors (Lipinski definition) is 1. The zero-order chi connectivity index (χ0) is 16.3. The molecule has 5 heteroatoms. The van der Waals surface area contributed by atoms with Crippen LogP contribution in [0.5, 0.6) is 5.75 Å². The second-order valence-electron chi connectivity index (χ2n) is 6.31. The molecular formula is C17H23NO4. The van der Waals surface area contributed by atoms with Crippen LogP contribution in [0, 0.1) is 6.92 Å². The van der Waals surface area contributed by atoms with Crippen LogP contribution in [0.3, 0.4) is 0 Å². The number of rotatable bonds is 6. The number of nitrogens with zero attached hydrogens (tertiary/aromatic N) is 1. The van der Waals surface area contributed by atoms with Gasteiger partial charge in [0.05, 0.1) is 5.60 Å². The minimum Gasteiger partial charge on any atom is -0.492 e. The van der Waals surface area contributed by atoms with Gasteiger partial charge in [0.25, 0.3) is 0 Å². The molecule has 1 N–H and O–H groups in total. The van der Waals surface area contributed by atoms with Crippen molar-refractivity contribution in [3.8, 4) is 5.75 Å². The molecule has 0 bridgehead atoms. The highest BCUT2D eigenvalue weighted by molar-refractivity contribution is 5.81. The van der Waals surface area contributed by atoms with E-state index in [-0.39, 0.29) is 5.63 Å². The lowest BCUT2D eigenvalue weighted by Crippen LogP contribution is -2.38. The number of hydrogen-bond acceptors (Lipinski definition) is 5. The molecule has 0 saturated heterocycles. The van der Waals surface area contributed by atoms with Crippen molar-refractivity contribution >= 4 is 11.0 Å². The molecule has 0 aliphatic carbocycles. The van der Waals surface area contributed by atoms with Crippen LogP contribution in [0.15, 0.2) is 33.5 Å². The lowest BCUT2D eigenvalue weighted by Gasteiger charge is -2.25. The number of fused-ring (bicyclic) bond motifs is 1. The minimum absolute atomic E-state index is 0.355. The van der Waals surface area contributed by atoms with Crippen LogP contribution in [-0.2, 0) is 0 Å². The van der Waals surface area contributed by atoms with Gasteiger partial charge in [-0.05, 0) is 45.5 Å². The van der Waals surface area contributed by atoms with E-state index < -0.39 is 5.60 Å². The van der Waals surface area contributed by atoms with Crippen molar-refractivity contribution < 1.29 is 14.3 Å². The first-order chi connectivity index (χ1) is 10.2. The zero-order valence-electron chi connectivity index (χ0n) is 13.5. The third kappa shape index (κ3) is 4.58. The van der Waals surface area contributed by atoms with Gasteiger partial charge < -0.3 is 19.2 Å². The maximum Gasteiger partial charge on any atom is 0.336 e. The summed E-state index contributed by atoms with van der Waals surface area (Å²) in [5, 5.41) is 10.7. The third-order valence-electron chi connectivity index (χ3n) is 3.32. The summed E-state index contributed by atoms with van der Waals surface area (Å²) >= 11 is 0. The second kappa shape index (κ2) is 6.50. The van der Waals surface area contributed by atoms with Gasteiger partial charge in [-0.2, -0.15) is 0 Å². The Kier molecular flexibility index (Phi) is 4.88. The normalized spacial score (nSPS) is 12.1. The van der Waals surface area contributed by atoms with Crippen molar-refractivity contribution in [3.05, 3.63) is 40.2 Å². The van der Waals surface area contributed by atoms with Crippen molar-refractivity contribution in [1.29, 1.82) is 0 Å². The average Bonchev–Trinajstić information content (AvgIpc) is 2.35.